The fourth-order valence-corrected chi connectivity index (χ4v) is 2.67. The predicted octanol–water partition coefficient (Wildman–Crippen LogP) is 2.10. The SMILES string of the molecule is CC(C)C1CN(C(C)C2CC2)CCCN1. The quantitative estimate of drug-likeness (QED) is 0.767. The fraction of sp³-hybridized carbons (Fsp3) is 1.00. The fourth-order valence-electron chi connectivity index (χ4n) is 2.67. The molecule has 2 aliphatic rings. The molecule has 0 amide bonds. The molecule has 2 atom stereocenters. The van der Waals surface area contributed by atoms with Crippen molar-refractivity contribution in [1.82, 2.24) is 10.2 Å². The van der Waals surface area contributed by atoms with E-state index in [2.05, 4.69) is 31.0 Å². The normalized spacial score (nSPS) is 31.6. The first-order valence-electron chi connectivity index (χ1n) is 6.66. The second-order valence-electron chi connectivity index (χ2n) is 5.73. The maximum Gasteiger partial charge on any atom is 0.0218 e. The van der Waals surface area contributed by atoms with E-state index in [1.807, 2.05) is 0 Å². The minimum atomic E-state index is 0.702. The Kier molecular flexibility index (Phi) is 3.68. The Bertz CT molecular complexity index is 199. The van der Waals surface area contributed by atoms with Gasteiger partial charge in [-0.2, -0.15) is 0 Å². The van der Waals surface area contributed by atoms with Gasteiger partial charge in [0.2, 0.25) is 0 Å². The van der Waals surface area contributed by atoms with E-state index in [-0.39, 0.29) is 0 Å². The molecule has 2 heteroatoms. The molecular weight excluding hydrogens is 184 g/mol. The third-order valence-electron chi connectivity index (χ3n) is 4.14. The minimum Gasteiger partial charge on any atom is -0.312 e. The van der Waals surface area contributed by atoms with Crippen LogP contribution in [0.5, 0.6) is 0 Å². The first-order chi connectivity index (χ1) is 7.18. The summed E-state index contributed by atoms with van der Waals surface area (Å²) in [7, 11) is 0. The second kappa shape index (κ2) is 4.84. The van der Waals surface area contributed by atoms with Crippen molar-refractivity contribution in [3.8, 4) is 0 Å². The molecule has 2 nitrogen and oxygen atoms in total. The van der Waals surface area contributed by atoms with Gasteiger partial charge in [0, 0.05) is 18.6 Å². The van der Waals surface area contributed by atoms with Crippen LogP contribution in [0.25, 0.3) is 0 Å². The van der Waals surface area contributed by atoms with Crippen LogP contribution < -0.4 is 5.32 Å². The molecule has 0 spiro atoms. The maximum atomic E-state index is 3.68. The average Bonchev–Trinajstić information content (AvgIpc) is 3.04. The number of hydrogen-bond acceptors (Lipinski definition) is 2. The van der Waals surface area contributed by atoms with E-state index in [0.717, 1.165) is 17.9 Å². The highest BCUT2D eigenvalue weighted by Gasteiger charge is 2.33. The summed E-state index contributed by atoms with van der Waals surface area (Å²) in [5.41, 5.74) is 0. The molecule has 0 aromatic carbocycles. The molecule has 1 saturated carbocycles. The predicted molar refractivity (Wildman–Crippen MR) is 65.0 cm³/mol. The Morgan fingerprint density at radius 3 is 2.53 bits per heavy atom. The van der Waals surface area contributed by atoms with Gasteiger partial charge in [0.1, 0.15) is 0 Å². The second-order valence-corrected chi connectivity index (χ2v) is 5.73. The van der Waals surface area contributed by atoms with Crippen LogP contribution >= 0.6 is 0 Å². The maximum absolute atomic E-state index is 3.68. The monoisotopic (exact) mass is 210 g/mol. The van der Waals surface area contributed by atoms with Crippen molar-refractivity contribution < 1.29 is 0 Å². The molecule has 0 bridgehead atoms. The van der Waals surface area contributed by atoms with E-state index in [1.165, 1.54) is 38.9 Å². The highest BCUT2D eigenvalue weighted by atomic mass is 15.2. The molecule has 15 heavy (non-hydrogen) atoms. The lowest BCUT2D eigenvalue weighted by Crippen LogP contribution is -2.44. The Balaban J connectivity index is 1.91. The molecule has 0 radical (unpaired) electrons. The van der Waals surface area contributed by atoms with Crippen LogP contribution in [0.2, 0.25) is 0 Å². The largest absolute Gasteiger partial charge is 0.312 e. The van der Waals surface area contributed by atoms with Crippen molar-refractivity contribution in [1.29, 1.82) is 0 Å². The first-order valence-corrected chi connectivity index (χ1v) is 6.66. The van der Waals surface area contributed by atoms with E-state index in [0.29, 0.717) is 6.04 Å². The van der Waals surface area contributed by atoms with Gasteiger partial charge in [-0.15, -0.1) is 0 Å². The standard InChI is InChI=1S/C13H26N2/c1-10(2)13-9-15(8-4-7-14-13)11(3)12-5-6-12/h10-14H,4-9H2,1-3H3. The van der Waals surface area contributed by atoms with Gasteiger partial charge in [0.25, 0.3) is 0 Å². The van der Waals surface area contributed by atoms with Crippen molar-refractivity contribution in [2.75, 3.05) is 19.6 Å². The van der Waals surface area contributed by atoms with E-state index in [4.69, 9.17) is 0 Å². The molecule has 1 heterocycles. The topological polar surface area (TPSA) is 15.3 Å². The van der Waals surface area contributed by atoms with Crippen molar-refractivity contribution in [3.63, 3.8) is 0 Å². The van der Waals surface area contributed by atoms with Crippen LogP contribution in [0.3, 0.4) is 0 Å². The van der Waals surface area contributed by atoms with Crippen LogP contribution in [0.15, 0.2) is 0 Å². The molecule has 2 rings (SSSR count). The highest BCUT2D eigenvalue weighted by Crippen LogP contribution is 2.35. The summed E-state index contributed by atoms with van der Waals surface area (Å²) in [6, 6.07) is 1.53. The zero-order valence-electron chi connectivity index (χ0n) is 10.5. The molecular formula is C13H26N2. The third-order valence-corrected chi connectivity index (χ3v) is 4.14. The lowest BCUT2D eigenvalue weighted by molar-refractivity contribution is 0.175. The van der Waals surface area contributed by atoms with Gasteiger partial charge in [0.15, 0.2) is 0 Å². The smallest absolute Gasteiger partial charge is 0.0218 e. The third kappa shape index (κ3) is 2.94. The lowest BCUT2D eigenvalue weighted by atomic mass is 10.0. The molecule has 2 fully saturated rings. The van der Waals surface area contributed by atoms with Crippen LogP contribution in [0.4, 0.5) is 0 Å². The van der Waals surface area contributed by atoms with Crippen molar-refractivity contribution >= 4 is 0 Å². The number of nitrogens with one attached hydrogen (secondary N) is 1. The van der Waals surface area contributed by atoms with E-state index in [9.17, 15) is 0 Å². The molecule has 1 aliphatic carbocycles. The number of rotatable bonds is 3. The Hall–Kier alpha value is -0.0800. The van der Waals surface area contributed by atoms with Gasteiger partial charge in [0.05, 0.1) is 0 Å². The van der Waals surface area contributed by atoms with Gasteiger partial charge >= 0.3 is 0 Å². The zero-order valence-corrected chi connectivity index (χ0v) is 10.5. The van der Waals surface area contributed by atoms with Crippen LogP contribution in [0, 0.1) is 11.8 Å². The van der Waals surface area contributed by atoms with Gasteiger partial charge in [-0.3, -0.25) is 4.90 Å². The average molecular weight is 210 g/mol. The van der Waals surface area contributed by atoms with Crippen molar-refractivity contribution in [2.24, 2.45) is 11.8 Å². The summed E-state index contributed by atoms with van der Waals surface area (Å²) in [4.78, 5) is 2.72. The van der Waals surface area contributed by atoms with Crippen molar-refractivity contribution in [3.05, 3.63) is 0 Å². The summed E-state index contributed by atoms with van der Waals surface area (Å²) in [5, 5.41) is 3.68. The Morgan fingerprint density at radius 2 is 1.93 bits per heavy atom. The van der Waals surface area contributed by atoms with Gasteiger partial charge in [-0.05, 0) is 51.1 Å². The van der Waals surface area contributed by atoms with E-state index >= 15 is 0 Å². The summed E-state index contributed by atoms with van der Waals surface area (Å²) in [5.74, 6) is 1.77. The zero-order chi connectivity index (χ0) is 10.8. The van der Waals surface area contributed by atoms with Crippen LogP contribution in [-0.2, 0) is 0 Å². The lowest BCUT2D eigenvalue weighted by Gasteiger charge is -2.31. The van der Waals surface area contributed by atoms with Gasteiger partial charge < -0.3 is 5.32 Å². The molecule has 1 N–H and O–H groups in total. The van der Waals surface area contributed by atoms with Crippen LogP contribution in [0.1, 0.15) is 40.0 Å². The van der Waals surface area contributed by atoms with E-state index in [1.54, 1.807) is 0 Å². The number of hydrogen-bond donors (Lipinski definition) is 1. The number of nitrogens with zero attached hydrogens (tertiary/aromatic N) is 1. The molecule has 2 unspecified atom stereocenters. The Labute approximate surface area is 94.4 Å². The molecule has 1 saturated heterocycles. The summed E-state index contributed by atoms with van der Waals surface area (Å²) < 4.78 is 0. The van der Waals surface area contributed by atoms with E-state index < -0.39 is 0 Å². The minimum absolute atomic E-state index is 0.702. The summed E-state index contributed by atoms with van der Waals surface area (Å²) >= 11 is 0. The van der Waals surface area contributed by atoms with Crippen molar-refractivity contribution in [2.45, 2.75) is 52.1 Å². The molecule has 1 aliphatic heterocycles. The molecule has 0 aromatic heterocycles. The summed E-state index contributed by atoms with van der Waals surface area (Å²) in [6.07, 6.45) is 4.26. The first kappa shape index (κ1) is 11.4. The highest BCUT2D eigenvalue weighted by molar-refractivity contribution is 4.89. The van der Waals surface area contributed by atoms with Gasteiger partial charge in [-0.25, -0.2) is 0 Å². The van der Waals surface area contributed by atoms with Crippen LogP contribution in [-0.4, -0.2) is 36.6 Å². The molecule has 0 aromatic rings. The molecule has 88 valence electrons. The Morgan fingerprint density at radius 1 is 1.20 bits per heavy atom. The summed E-state index contributed by atoms with van der Waals surface area (Å²) in [6.45, 7) is 10.9. The van der Waals surface area contributed by atoms with Gasteiger partial charge in [-0.1, -0.05) is 13.8 Å².